The van der Waals surface area contributed by atoms with Crippen LogP contribution in [-0.4, -0.2) is 22.1 Å². The highest BCUT2D eigenvalue weighted by Gasteiger charge is 2.17. The number of hydrogen-bond donors (Lipinski definition) is 4. The predicted molar refractivity (Wildman–Crippen MR) is 64.0 cm³/mol. The van der Waals surface area contributed by atoms with Crippen LogP contribution in [0, 0.1) is 0 Å². The molecule has 1 aromatic carbocycles. The van der Waals surface area contributed by atoms with Crippen molar-refractivity contribution in [3.63, 3.8) is 0 Å². The summed E-state index contributed by atoms with van der Waals surface area (Å²) in [7, 11) is 0. The van der Waals surface area contributed by atoms with Crippen molar-refractivity contribution in [3.8, 4) is 0 Å². The molecule has 0 radical (unpaired) electrons. The fourth-order valence-corrected chi connectivity index (χ4v) is 1.70. The molecule has 1 heterocycles. The van der Waals surface area contributed by atoms with Crippen LogP contribution >= 0.6 is 0 Å². The molecule has 2 aromatic rings. The Morgan fingerprint density at radius 1 is 1.44 bits per heavy atom. The molecular formula is C11H13N3O4. The first-order chi connectivity index (χ1) is 8.47. The van der Waals surface area contributed by atoms with Crippen LogP contribution in [-0.2, 0) is 4.79 Å². The third-order valence-electron chi connectivity index (χ3n) is 2.70. The van der Waals surface area contributed by atoms with Crippen LogP contribution in [0.5, 0.6) is 0 Å². The van der Waals surface area contributed by atoms with Gasteiger partial charge in [0, 0.05) is 6.04 Å². The van der Waals surface area contributed by atoms with E-state index in [2.05, 4.69) is 4.98 Å². The molecule has 0 aliphatic heterocycles. The lowest BCUT2D eigenvalue weighted by atomic mass is 10.0. The van der Waals surface area contributed by atoms with Crippen molar-refractivity contribution in [2.45, 2.75) is 18.5 Å². The molecule has 7 nitrogen and oxygen atoms in total. The quantitative estimate of drug-likeness (QED) is 0.600. The first kappa shape index (κ1) is 12.3. The van der Waals surface area contributed by atoms with E-state index in [1.54, 1.807) is 18.2 Å². The number of aromatic amines is 1. The van der Waals surface area contributed by atoms with E-state index < -0.39 is 23.8 Å². The maximum absolute atomic E-state index is 11.0. The maximum Gasteiger partial charge on any atom is 0.417 e. The Labute approximate surface area is 101 Å². The van der Waals surface area contributed by atoms with E-state index in [4.69, 9.17) is 21.0 Å². The Morgan fingerprint density at radius 3 is 2.83 bits per heavy atom. The highest BCUT2D eigenvalue weighted by molar-refractivity contribution is 5.74. The van der Waals surface area contributed by atoms with Crippen LogP contribution in [0.2, 0.25) is 0 Å². The van der Waals surface area contributed by atoms with E-state index in [9.17, 15) is 9.59 Å². The van der Waals surface area contributed by atoms with Crippen molar-refractivity contribution in [1.82, 2.24) is 4.98 Å². The molecule has 18 heavy (non-hydrogen) atoms. The Hall–Kier alpha value is -2.12. The van der Waals surface area contributed by atoms with Gasteiger partial charge in [-0.15, -0.1) is 0 Å². The number of rotatable bonds is 4. The number of H-pyrrole nitrogens is 1. The summed E-state index contributed by atoms with van der Waals surface area (Å²) in [5, 5.41) is 8.71. The number of carboxylic acids is 1. The van der Waals surface area contributed by atoms with E-state index in [0.29, 0.717) is 16.7 Å². The summed E-state index contributed by atoms with van der Waals surface area (Å²) in [5.74, 6) is -1.64. The Bertz CT molecular complexity index is 630. The maximum atomic E-state index is 11.0. The zero-order chi connectivity index (χ0) is 13.3. The molecule has 6 N–H and O–H groups in total. The number of nitrogens with two attached hydrogens (primary N) is 2. The summed E-state index contributed by atoms with van der Waals surface area (Å²) in [6, 6.07) is 3.41. The number of fused-ring (bicyclic) bond motifs is 1. The van der Waals surface area contributed by atoms with Crippen molar-refractivity contribution < 1.29 is 14.3 Å². The van der Waals surface area contributed by atoms with Gasteiger partial charge < -0.3 is 21.0 Å². The van der Waals surface area contributed by atoms with Crippen molar-refractivity contribution in [2.75, 3.05) is 0 Å². The van der Waals surface area contributed by atoms with Crippen LogP contribution in [0.1, 0.15) is 18.0 Å². The molecular weight excluding hydrogens is 238 g/mol. The van der Waals surface area contributed by atoms with Crippen molar-refractivity contribution in [2.24, 2.45) is 11.5 Å². The average Bonchev–Trinajstić information content (AvgIpc) is 2.67. The highest BCUT2D eigenvalue weighted by atomic mass is 16.4. The molecule has 0 aliphatic rings. The zero-order valence-electron chi connectivity index (χ0n) is 9.42. The Kier molecular flexibility index (Phi) is 3.17. The number of carbonyl (C=O) groups is 1. The van der Waals surface area contributed by atoms with Crippen LogP contribution in [0.25, 0.3) is 11.1 Å². The molecule has 0 bridgehead atoms. The molecule has 2 atom stereocenters. The minimum Gasteiger partial charge on any atom is -0.480 e. The molecule has 96 valence electrons. The Morgan fingerprint density at radius 2 is 2.17 bits per heavy atom. The van der Waals surface area contributed by atoms with Gasteiger partial charge in [-0.3, -0.25) is 9.78 Å². The normalized spacial score (nSPS) is 14.6. The molecule has 0 saturated heterocycles. The monoisotopic (exact) mass is 251 g/mol. The fourth-order valence-electron chi connectivity index (χ4n) is 1.70. The first-order valence-corrected chi connectivity index (χ1v) is 5.34. The molecule has 0 amide bonds. The summed E-state index contributed by atoms with van der Waals surface area (Å²) >= 11 is 0. The van der Waals surface area contributed by atoms with Gasteiger partial charge in [0.15, 0.2) is 5.58 Å². The smallest absolute Gasteiger partial charge is 0.417 e. The number of hydrogen-bond acceptors (Lipinski definition) is 5. The summed E-state index contributed by atoms with van der Waals surface area (Å²) in [6.45, 7) is 0. The molecule has 0 saturated carbocycles. The van der Waals surface area contributed by atoms with E-state index in [1.807, 2.05) is 0 Å². The van der Waals surface area contributed by atoms with E-state index in [1.165, 1.54) is 0 Å². The van der Waals surface area contributed by atoms with Gasteiger partial charge in [-0.25, -0.2) is 4.79 Å². The summed E-state index contributed by atoms with van der Waals surface area (Å²) in [4.78, 5) is 24.1. The fraction of sp³-hybridized carbons (Fsp3) is 0.273. The van der Waals surface area contributed by atoms with Gasteiger partial charge >= 0.3 is 11.7 Å². The lowest BCUT2D eigenvalue weighted by Gasteiger charge is -2.14. The molecule has 7 heteroatoms. The largest absolute Gasteiger partial charge is 0.480 e. The van der Waals surface area contributed by atoms with Gasteiger partial charge in [-0.05, 0) is 24.1 Å². The lowest BCUT2D eigenvalue weighted by Crippen LogP contribution is -2.33. The number of carboxylic acid groups (broad SMARTS) is 1. The topological polar surface area (TPSA) is 135 Å². The lowest BCUT2D eigenvalue weighted by molar-refractivity contribution is -0.138. The third-order valence-corrected chi connectivity index (χ3v) is 2.70. The second-order valence-corrected chi connectivity index (χ2v) is 4.06. The van der Waals surface area contributed by atoms with E-state index in [-0.39, 0.29) is 6.42 Å². The van der Waals surface area contributed by atoms with Crippen LogP contribution in [0.15, 0.2) is 27.4 Å². The minimum absolute atomic E-state index is 0.107. The predicted octanol–water partition coefficient (Wildman–Crippen LogP) is -0.0771. The third kappa shape index (κ3) is 2.41. The molecule has 0 aliphatic carbocycles. The van der Waals surface area contributed by atoms with Crippen LogP contribution in [0.4, 0.5) is 0 Å². The number of aromatic nitrogens is 1. The second-order valence-electron chi connectivity index (χ2n) is 4.06. The summed E-state index contributed by atoms with van der Waals surface area (Å²) in [6.07, 6.45) is 0.107. The summed E-state index contributed by atoms with van der Waals surface area (Å²) < 4.78 is 4.90. The average molecular weight is 251 g/mol. The van der Waals surface area contributed by atoms with Crippen molar-refractivity contribution >= 4 is 17.1 Å². The minimum atomic E-state index is -1.10. The van der Waals surface area contributed by atoms with Crippen molar-refractivity contribution in [3.05, 3.63) is 34.3 Å². The van der Waals surface area contributed by atoms with Gasteiger partial charge in [0.1, 0.15) is 6.04 Å². The van der Waals surface area contributed by atoms with Crippen LogP contribution in [0.3, 0.4) is 0 Å². The second kappa shape index (κ2) is 4.63. The molecule has 2 unspecified atom stereocenters. The number of benzene rings is 1. The molecule has 1 aromatic heterocycles. The molecule has 0 spiro atoms. The Balaban J connectivity index is 2.24. The number of aliphatic carboxylic acids is 1. The molecule has 0 fully saturated rings. The van der Waals surface area contributed by atoms with Gasteiger partial charge in [-0.2, -0.15) is 0 Å². The van der Waals surface area contributed by atoms with Gasteiger partial charge in [-0.1, -0.05) is 6.07 Å². The van der Waals surface area contributed by atoms with Gasteiger partial charge in [0.25, 0.3) is 0 Å². The van der Waals surface area contributed by atoms with Gasteiger partial charge in [0.05, 0.1) is 5.52 Å². The zero-order valence-corrected chi connectivity index (χ0v) is 9.42. The summed E-state index contributed by atoms with van der Waals surface area (Å²) in [5.41, 5.74) is 12.9. The SMILES string of the molecule is NC(CC(N)c1ccc2[nH]c(=O)oc2c1)C(=O)O. The molecule has 2 rings (SSSR count). The van der Waals surface area contributed by atoms with E-state index >= 15 is 0 Å². The van der Waals surface area contributed by atoms with Crippen LogP contribution < -0.4 is 17.2 Å². The van der Waals surface area contributed by atoms with Gasteiger partial charge in [0.2, 0.25) is 0 Å². The number of nitrogens with one attached hydrogen (secondary N) is 1. The van der Waals surface area contributed by atoms with E-state index in [0.717, 1.165) is 0 Å². The standard InChI is InChI=1S/C11H13N3O4/c12-6(4-7(13)10(15)16)5-1-2-8-9(3-5)18-11(17)14-8/h1-3,6-7H,4,12-13H2,(H,14,17)(H,15,16). The first-order valence-electron chi connectivity index (χ1n) is 5.34. The van der Waals surface area contributed by atoms with Crippen molar-refractivity contribution in [1.29, 1.82) is 0 Å². The highest BCUT2D eigenvalue weighted by Crippen LogP contribution is 2.20. The number of oxazole rings is 1.